The molecule has 1 radical (unpaired) electrons. The number of benzene rings is 1. The van der Waals surface area contributed by atoms with Crippen molar-refractivity contribution in [2.75, 3.05) is 13.1 Å². The normalized spacial score (nSPS) is 9.61. The third kappa shape index (κ3) is 7.21. The maximum Gasteiger partial charge on any atom is 3.00 e. The summed E-state index contributed by atoms with van der Waals surface area (Å²) in [5, 5.41) is 0. The molecule has 95 valence electrons. The molecule has 0 N–H and O–H groups in total. The Labute approximate surface area is 162 Å². The smallest absolute Gasteiger partial charge is 0.346 e. The summed E-state index contributed by atoms with van der Waals surface area (Å²) in [5.74, 6) is 0. The summed E-state index contributed by atoms with van der Waals surface area (Å²) in [6, 6.07) is 8.29. The predicted octanol–water partition coefficient (Wildman–Crippen LogP) is 2.18. The molecule has 18 heavy (non-hydrogen) atoms. The summed E-state index contributed by atoms with van der Waals surface area (Å²) in [6.45, 7) is 12.5. The fourth-order valence-electron chi connectivity index (χ4n) is 1.09. The monoisotopic (exact) mass is 418 g/mol. The molecule has 0 fully saturated rings. The standard InChI is InChI=1S/C10H13NO2S.C2H5.2Y/c1-3-11(4-2)14(12,13)10-8-6-5-7-9-10;1-2;;/h5-9H,1-4H2;1H2,2H3;;/q-2;-1;;+3. The molecule has 0 saturated carbocycles. The molecule has 0 aromatic heterocycles. The predicted molar refractivity (Wildman–Crippen MR) is 66.9 cm³/mol. The topological polar surface area (TPSA) is 37.4 Å². The zero-order valence-electron chi connectivity index (χ0n) is 10.7. The Morgan fingerprint density at radius 2 is 1.44 bits per heavy atom. The van der Waals surface area contributed by atoms with Crippen LogP contribution >= 0.6 is 0 Å². The first-order chi connectivity index (χ1) is 7.62. The van der Waals surface area contributed by atoms with Crippen molar-refractivity contribution in [2.45, 2.75) is 11.8 Å². The van der Waals surface area contributed by atoms with Gasteiger partial charge in [0.05, 0.1) is 4.90 Å². The van der Waals surface area contributed by atoms with Crippen molar-refractivity contribution >= 4 is 10.0 Å². The van der Waals surface area contributed by atoms with Gasteiger partial charge in [-0.1, -0.05) is 18.2 Å². The fourth-order valence-corrected chi connectivity index (χ4v) is 2.37. The van der Waals surface area contributed by atoms with Gasteiger partial charge in [0.25, 0.3) is 0 Å². The van der Waals surface area contributed by atoms with Crippen LogP contribution in [0.15, 0.2) is 35.2 Å². The van der Waals surface area contributed by atoms with Gasteiger partial charge in [0.15, 0.2) is 0 Å². The maximum atomic E-state index is 11.8. The largest absolute Gasteiger partial charge is 3.00 e. The van der Waals surface area contributed by atoms with Crippen molar-refractivity contribution in [3.8, 4) is 0 Å². The average Bonchev–Trinajstić information content (AvgIpc) is 2.34. The third-order valence-electron chi connectivity index (χ3n) is 1.88. The van der Waals surface area contributed by atoms with Crippen molar-refractivity contribution in [2.24, 2.45) is 0 Å². The van der Waals surface area contributed by atoms with Crippen molar-refractivity contribution in [1.82, 2.24) is 4.31 Å². The Bertz CT molecular complexity index is 378. The molecule has 0 atom stereocenters. The van der Waals surface area contributed by atoms with Crippen LogP contribution in [0.4, 0.5) is 0 Å². The van der Waals surface area contributed by atoms with Gasteiger partial charge in [0.1, 0.15) is 0 Å². The van der Waals surface area contributed by atoms with Crippen molar-refractivity contribution in [3.05, 3.63) is 51.1 Å². The fraction of sp³-hybridized carbons (Fsp3) is 0.250. The van der Waals surface area contributed by atoms with Crippen LogP contribution in [-0.4, -0.2) is 25.8 Å². The van der Waals surface area contributed by atoms with Gasteiger partial charge >= 0.3 is 32.7 Å². The summed E-state index contributed by atoms with van der Waals surface area (Å²) in [5.41, 5.74) is 0. The van der Waals surface area contributed by atoms with Crippen molar-refractivity contribution in [3.63, 3.8) is 0 Å². The van der Waals surface area contributed by atoms with E-state index in [0.717, 1.165) is 0 Å². The molecule has 3 nitrogen and oxygen atoms in total. The van der Waals surface area contributed by atoms with E-state index in [-0.39, 0.29) is 83.4 Å². The third-order valence-corrected chi connectivity index (χ3v) is 3.79. The Morgan fingerprint density at radius 3 is 1.78 bits per heavy atom. The molecule has 0 heterocycles. The molecule has 1 aromatic rings. The van der Waals surface area contributed by atoms with Crippen LogP contribution in [0.2, 0.25) is 0 Å². The quantitative estimate of drug-likeness (QED) is 0.704. The summed E-state index contributed by atoms with van der Waals surface area (Å²) < 4.78 is 24.9. The second-order valence-electron chi connectivity index (χ2n) is 2.72. The molecule has 6 heteroatoms. The van der Waals surface area contributed by atoms with E-state index in [0.29, 0.717) is 0 Å². The first kappa shape index (κ1) is 24.4. The van der Waals surface area contributed by atoms with E-state index in [1.807, 2.05) is 0 Å². The number of sulfonamides is 1. The molecule has 0 amide bonds. The Morgan fingerprint density at radius 1 is 1.06 bits per heavy atom. The van der Waals surface area contributed by atoms with E-state index >= 15 is 0 Å². The zero-order valence-corrected chi connectivity index (χ0v) is 17.2. The van der Waals surface area contributed by atoms with E-state index in [4.69, 9.17) is 0 Å². The van der Waals surface area contributed by atoms with Gasteiger partial charge in [0, 0.05) is 32.7 Å². The maximum absolute atomic E-state index is 11.8. The molecule has 0 aliphatic heterocycles. The van der Waals surface area contributed by atoms with Crippen LogP contribution < -0.4 is 0 Å². The molecular formula is C12H18NO2SY2. The molecule has 0 saturated heterocycles. The summed E-state index contributed by atoms with van der Waals surface area (Å²) in [7, 11) is -3.39. The molecule has 0 unspecified atom stereocenters. The van der Waals surface area contributed by atoms with E-state index in [9.17, 15) is 8.42 Å². The number of hydrogen-bond acceptors (Lipinski definition) is 2. The van der Waals surface area contributed by atoms with Gasteiger partial charge in [-0.3, -0.25) is 4.31 Å². The van der Waals surface area contributed by atoms with Gasteiger partial charge in [-0.2, -0.15) is 6.92 Å². The van der Waals surface area contributed by atoms with E-state index in [2.05, 4.69) is 20.8 Å². The van der Waals surface area contributed by atoms with E-state index in [1.54, 1.807) is 37.3 Å². The van der Waals surface area contributed by atoms with Gasteiger partial charge in [-0.05, 0) is 12.1 Å². The van der Waals surface area contributed by atoms with Crippen LogP contribution in [0, 0.1) is 20.8 Å². The molecule has 0 aliphatic carbocycles. The van der Waals surface area contributed by atoms with Crippen LogP contribution in [0.5, 0.6) is 0 Å². The minimum Gasteiger partial charge on any atom is -0.346 e. The second kappa shape index (κ2) is 13.3. The minimum atomic E-state index is -3.39. The number of hydrogen-bond donors (Lipinski definition) is 0. The van der Waals surface area contributed by atoms with Crippen molar-refractivity contribution < 1.29 is 73.8 Å². The molecular weight excluding hydrogens is 400 g/mol. The van der Waals surface area contributed by atoms with Crippen LogP contribution in [-0.2, 0) is 75.4 Å². The number of nitrogens with zero attached hydrogens (tertiary/aromatic N) is 1. The minimum absolute atomic E-state index is 0. The average molecular weight is 418 g/mol. The van der Waals surface area contributed by atoms with Gasteiger partial charge in [-0.15, -0.1) is 13.1 Å². The van der Waals surface area contributed by atoms with Crippen LogP contribution in [0.1, 0.15) is 6.92 Å². The zero-order chi connectivity index (χ0) is 12.6. The van der Waals surface area contributed by atoms with Gasteiger partial charge in [0.2, 0.25) is 10.0 Å². The second-order valence-corrected chi connectivity index (χ2v) is 4.66. The number of rotatable bonds is 4. The SMILES string of the molecule is [CH2-]C.[CH2-]CN(C[CH2-])S(=O)(=O)c1ccccc1.[Y+3].[Y]. The molecule has 1 aromatic carbocycles. The first-order valence-corrected chi connectivity index (χ1v) is 6.41. The molecule has 0 bridgehead atoms. The van der Waals surface area contributed by atoms with E-state index < -0.39 is 10.0 Å². The van der Waals surface area contributed by atoms with Crippen LogP contribution in [0.3, 0.4) is 0 Å². The first-order valence-electron chi connectivity index (χ1n) is 4.97. The summed E-state index contributed by atoms with van der Waals surface area (Å²) in [6.07, 6.45) is 0. The Hall–Kier alpha value is 1.34. The molecule has 0 aliphatic rings. The van der Waals surface area contributed by atoms with Gasteiger partial charge < -0.3 is 20.8 Å². The Kier molecular flexibility index (Phi) is 18.0. The Balaban J connectivity index is -0.000000534. The van der Waals surface area contributed by atoms with Crippen molar-refractivity contribution in [1.29, 1.82) is 0 Å². The summed E-state index contributed by atoms with van der Waals surface area (Å²) >= 11 is 0. The van der Waals surface area contributed by atoms with Crippen LogP contribution in [0.25, 0.3) is 0 Å². The molecule has 0 spiro atoms. The van der Waals surface area contributed by atoms with Gasteiger partial charge in [-0.25, -0.2) is 8.42 Å². The molecule has 1 rings (SSSR count). The summed E-state index contributed by atoms with van der Waals surface area (Å²) in [4.78, 5) is 0.285. The van der Waals surface area contributed by atoms with E-state index in [1.165, 1.54) is 4.31 Å².